The number of alkyl carbamates (subject to hydrolysis) is 1. The Morgan fingerprint density at radius 1 is 1.33 bits per heavy atom. The second kappa shape index (κ2) is 6.48. The summed E-state index contributed by atoms with van der Waals surface area (Å²) in [4.78, 5) is 14.0. The van der Waals surface area contributed by atoms with Crippen molar-refractivity contribution in [2.45, 2.75) is 45.3 Å². The Labute approximate surface area is 127 Å². The van der Waals surface area contributed by atoms with Crippen molar-refractivity contribution in [3.05, 3.63) is 35.9 Å². The van der Waals surface area contributed by atoms with E-state index >= 15 is 0 Å². The number of ether oxygens (including phenoxy) is 1. The van der Waals surface area contributed by atoms with Gasteiger partial charge in [0.05, 0.1) is 0 Å². The molecule has 4 nitrogen and oxygen atoms in total. The van der Waals surface area contributed by atoms with Gasteiger partial charge in [-0.3, -0.25) is 4.90 Å². The Hall–Kier alpha value is -1.55. The molecule has 1 N–H and O–H groups in total. The zero-order chi connectivity index (χ0) is 15.5. The Kier molecular flexibility index (Phi) is 4.88. The van der Waals surface area contributed by atoms with E-state index in [1.807, 2.05) is 33.8 Å². The summed E-state index contributed by atoms with van der Waals surface area (Å²) >= 11 is 0. The Morgan fingerprint density at radius 2 is 1.95 bits per heavy atom. The molecule has 2 rings (SSSR count). The Balaban J connectivity index is 1.69. The molecule has 0 radical (unpaired) electrons. The van der Waals surface area contributed by atoms with Gasteiger partial charge in [-0.1, -0.05) is 30.3 Å². The second-order valence-electron chi connectivity index (χ2n) is 6.92. The first-order valence-corrected chi connectivity index (χ1v) is 7.59. The molecular formula is C17H26N2O2. The minimum Gasteiger partial charge on any atom is -0.445 e. The van der Waals surface area contributed by atoms with Crippen LogP contribution < -0.4 is 5.32 Å². The van der Waals surface area contributed by atoms with Gasteiger partial charge >= 0.3 is 6.09 Å². The SMILES string of the molecule is C[C@H](CN1CC(c2ccccc2)C1)OC(=O)NC(C)(C)C. The minimum atomic E-state index is -0.338. The number of nitrogens with one attached hydrogen (secondary N) is 1. The first-order chi connectivity index (χ1) is 9.83. The topological polar surface area (TPSA) is 41.6 Å². The summed E-state index contributed by atoms with van der Waals surface area (Å²) in [7, 11) is 0. The molecule has 1 fully saturated rings. The number of amides is 1. The number of carbonyl (C=O) groups excluding carboxylic acids is 1. The van der Waals surface area contributed by atoms with Crippen LogP contribution in [0.3, 0.4) is 0 Å². The summed E-state index contributed by atoms with van der Waals surface area (Å²) < 4.78 is 5.38. The van der Waals surface area contributed by atoms with Crippen molar-refractivity contribution in [1.29, 1.82) is 0 Å². The Bertz CT molecular complexity index is 461. The van der Waals surface area contributed by atoms with Crippen molar-refractivity contribution >= 4 is 6.09 Å². The third kappa shape index (κ3) is 5.05. The molecule has 0 unspecified atom stereocenters. The number of hydrogen-bond acceptors (Lipinski definition) is 3. The summed E-state index contributed by atoms with van der Waals surface area (Å²) in [5.74, 6) is 0.613. The van der Waals surface area contributed by atoms with Crippen LogP contribution in [0.1, 0.15) is 39.2 Å². The highest BCUT2D eigenvalue weighted by molar-refractivity contribution is 5.68. The van der Waals surface area contributed by atoms with Crippen molar-refractivity contribution in [2.24, 2.45) is 0 Å². The molecule has 1 amide bonds. The van der Waals surface area contributed by atoms with Crippen LogP contribution in [-0.2, 0) is 4.74 Å². The third-order valence-electron chi connectivity index (χ3n) is 3.53. The molecule has 0 saturated carbocycles. The lowest BCUT2D eigenvalue weighted by Gasteiger charge is -2.40. The van der Waals surface area contributed by atoms with Gasteiger partial charge in [-0.15, -0.1) is 0 Å². The first-order valence-electron chi connectivity index (χ1n) is 7.59. The molecule has 0 bridgehead atoms. The molecule has 1 heterocycles. The van der Waals surface area contributed by atoms with Gasteiger partial charge in [0.25, 0.3) is 0 Å². The van der Waals surface area contributed by atoms with E-state index in [1.165, 1.54) is 5.56 Å². The van der Waals surface area contributed by atoms with E-state index in [-0.39, 0.29) is 17.7 Å². The van der Waals surface area contributed by atoms with Gasteiger partial charge in [0.1, 0.15) is 6.10 Å². The normalized spacial score (nSPS) is 17.9. The molecule has 21 heavy (non-hydrogen) atoms. The molecule has 1 atom stereocenters. The number of hydrogen-bond donors (Lipinski definition) is 1. The van der Waals surface area contributed by atoms with E-state index in [0.29, 0.717) is 5.92 Å². The summed E-state index contributed by atoms with van der Waals surface area (Å²) in [5, 5.41) is 2.81. The van der Waals surface area contributed by atoms with Gasteiger partial charge in [0.2, 0.25) is 0 Å². The quantitative estimate of drug-likeness (QED) is 0.927. The lowest BCUT2D eigenvalue weighted by atomic mass is 9.91. The number of rotatable bonds is 4. The maximum atomic E-state index is 11.7. The maximum Gasteiger partial charge on any atom is 0.407 e. The van der Waals surface area contributed by atoms with Gasteiger partial charge in [-0.2, -0.15) is 0 Å². The standard InChI is InChI=1S/C17H26N2O2/c1-13(21-16(20)18-17(2,3)4)10-19-11-15(12-19)14-8-6-5-7-9-14/h5-9,13,15H,10-12H2,1-4H3,(H,18,20)/t13-/m1/s1. The zero-order valence-electron chi connectivity index (χ0n) is 13.4. The maximum absolute atomic E-state index is 11.7. The fourth-order valence-electron chi connectivity index (χ4n) is 2.57. The van der Waals surface area contributed by atoms with Crippen LogP contribution >= 0.6 is 0 Å². The molecular weight excluding hydrogens is 264 g/mol. The van der Waals surface area contributed by atoms with Crippen molar-refractivity contribution in [2.75, 3.05) is 19.6 Å². The summed E-state index contributed by atoms with van der Waals surface area (Å²) in [6.45, 7) is 10.6. The highest BCUT2D eigenvalue weighted by atomic mass is 16.6. The van der Waals surface area contributed by atoms with E-state index in [2.05, 4.69) is 34.5 Å². The molecule has 0 spiro atoms. The van der Waals surface area contributed by atoms with Gasteiger partial charge in [0.15, 0.2) is 0 Å². The lowest BCUT2D eigenvalue weighted by molar-refractivity contribution is 0.0485. The monoisotopic (exact) mass is 290 g/mol. The van der Waals surface area contributed by atoms with Crippen LogP contribution in [0.5, 0.6) is 0 Å². The molecule has 1 aromatic carbocycles. The fourth-order valence-corrected chi connectivity index (χ4v) is 2.57. The van der Waals surface area contributed by atoms with E-state index in [1.54, 1.807) is 0 Å². The highest BCUT2D eigenvalue weighted by Crippen LogP contribution is 2.26. The summed E-state index contributed by atoms with van der Waals surface area (Å²) in [6, 6.07) is 10.6. The van der Waals surface area contributed by atoms with E-state index in [0.717, 1.165) is 19.6 Å². The van der Waals surface area contributed by atoms with Crippen LogP contribution in [0.2, 0.25) is 0 Å². The zero-order valence-corrected chi connectivity index (χ0v) is 13.4. The summed E-state index contributed by atoms with van der Waals surface area (Å²) in [6.07, 6.45) is -0.431. The fraction of sp³-hybridized carbons (Fsp3) is 0.588. The smallest absolute Gasteiger partial charge is 0.407 e. The molecule has 4 heteroatoms. The van der Waals surface area contributed by atoms with Gasteiger partial charge in [-0.05, 0) is 33.3 Å². The first kappa shape index (κ1) is 15.8. The van der Waals surface area contributed by atoms with Crippen LogP contribution in [0.4, 0.5) is 4.79 Å². The van der Waals surface area contributed by atoms with Gasteiger partial charge in [-0.25, -0.2) is 4.79 Å². The largest absolute Gasteiger partial charge is 0.445 e. The predicted octanol–water partition coefficient (Wildman–Crippen LogP) is 3.00. The number of nitrogens with zero attached hydrogens (tertiary/aromatic N) is 1. The molecule has 1 aromatic rings. The van der Waals surface area contributed by atoms with Crippen molar-refractivity contribution in [3.63, 3.8) is 0 Å². The van der Waals surface area contributed by atoms with Gasteiger partial charge in [0, 0.05) is 31.1 Å². The number of likely N-dealkylation sites (tertiary alicyclic amines) is 1. The van der Waals surface area contributed by atoms with Crippen LogP contribution in [0.25, 0.3) is 0 Å². The Morgan fingerprint density at radius 3 is 2.52 bits per heavy atom. The third-order valence-corrected chi connectivity index (χ3v) is 3.53. The van der Waals surface area contributed by atoms with Crippen molar-refractivity contribution < 1.29 is 9.53 Å². The average Bonchev–Trinajstić information content (AvgIpc) is 2.31. The van der Waals surface area contributed by atoms with Crippen LogP contribution in [0, 0.1) is 0 Å². The van der Waals surface area contributed by atoms with Crippen LogP contribution in [-0.4, -0.2) is 42.3 Å². The number of carbonyl (C=O) groups is 1. The highest BCUT2D eigenvalue weighted by Gasteiger charge is 2.29. The van der Waals surface area contributed by atoms with E-state index in [4.69, 9.17) is 4.74 Å². The average molecular weight is 290 g/mol. The van der Waals surface area contributed by atoms with Gasteiger partial charge < -0.3 is 10.1 Å². The molecule has 0 aromatic heterocycles. The predicted molar refractivity (Wildman–Crippen MR) is 84.5 cm³/mol. The minimum absolute atomic E-state index is 0.0935. The number of benzene rings is 1. The van der Waals surface area contributed by atoms with Crippen molar-refractivity contribution in [1.82, 2.24) is 10.2 Å². The van der Waals surface area contributed by atoms with E-state index in [9.17, 15) is 4.79 Å². The van der Waals surface area contributed by atoms with Crippen molar-refractivity contribution in [3.8, 4) is 0 Å². The van der Waals surface area contributed by atoms with Crippen LogP contribution in [0.15, 0.2) is 30.3 Å². The molecule has 116 valence electrons. The molecule has 1 aliphatic rings. The molecule has 1 saturated heterocycles. The molecule has 0 aliphatic carbocycles. The summed E-state index contributed by atoms with van der Waals surface area (Å²) in [5.41, 5.74) is 1.14. The lowest BCUT2D eigenvalue weighted by Crippen LogP contribution is -2.49. The molecule has 1 aliphatic heterocycles. The van der Waals surface area contributed by atoms with E-state index < -0.39 is 0 Å². The second-order valence-corrected chi connectivity index (χ2v) is 6.92.